The van der Waals surface area contributed by atoms with Crippen molar-refractivity contribution >= 4 is 27.5 Å². The van der Waals surface area contributed by atoms with E-state index in [0.29, 0.717) is 17.7 Å². The van der Waals surface area contributed by atoms with Gasteiger partial charge in [-0.15, -0.1) is 0 Å². The SMILES string of the molecule is CC[C@@H](C)NC(=O)[C@@H](Cc1ccccc1)N(Cc1ccc(F)cc1)C(=O)CN(c1cccc(OC)c1)S(=O)(=O)c1ccc(C)cc1. The van der Waals surface area contributed by atoms with E-state index in [0.717, 1.165) is 15.4 Å². The first-order valence-corrected chi connectivity index (χ1v) is 16.6. The first kappa shape index (κ1) is 34.2. The molecule has 0 aliphatic rings. The molecule has 46 heavy (non-hydrogen) atoms. The lowest BCUT2D eigenvalue weighted by atomic mass is 10.0. The van der Waals surface area contributed by atoms with Crippen LogP contribution in [0.2, 0.25) is 0 Å². The van der Waals surface area contributed by atoms with E-state index in [1.54, 1.807) is 48.5 Å². The minimum absolute atomic E-state index is 0.00848. The molecule has 0 bridgehead atoms. The van der Waals surface area contributed by atoms with Gasteiger partial charge in [0.1, 0.15) is 24.2 Å². The molecule has 0 aliphatic carbocycles. The van der Waals surface area contributed by atoms with Crippen LogP contribution in [0.3, 0.4) is 0 Å². The van der Waals surface area contributed by atoms with Crippen molar-refractivity contribution in [3.05, 3.63) is 126 Å². The van der Waals surface area contributed by atoms with Crippen molar-refractivity contribution < 1.29 is 27.1 Å². The van der Waals surface area contributed by atoms with Crippen molar-refractivity contribution in [2.24, 2.45) is 0 Å². The van der Waals surface area contributed by atoms with Crippen molar-refractivity contribution in [3.8, 4) is 5.75 Å². The Balaban J connectivity index is 1.82. The summed E-state index contributed by atoms with van der Waals surface area (Å²) in [5, 5.41) is 3.00. The number of sulfonamides is 1. The normalized spacial score (nSPS) is 12.5. The number of nitrogens with zero attached hydrogens (tertiary/aromatic N) is 2. The van der Waals surface area contributed by atoms with Crippen molar-refractivity contribution in [2.75, 3.05) is 18.0 Å². The van der Waals surface area contributed by atoms with Crippen LogP contribution >= 0.6 is 0 Å². The van der Waals surface area contributed by atoms with Gasteiger partial charge in [-0.3, -0.25) is 13.9 Å². The topological polar surface area (TPSA) is 96.0 Å². The number of hydrogen-bond acceptors (Lipinski definition) is 5. The summed E-state index contributed by atoms with van der Waals surface area (Å²) in [6, 6.07) is 26.6. The quantitative estimate of drug-likeness (QED) is 0.185. The maximum Gasteiger partial charge on any atom is 0.264 e. The van der Waals surface area contributed by atoms with E-state index >= 15 is 0 Å². The standard InChI is InChI=1S/C36H40FN3O5S/c1-5-27(3)38-36(42)34(22-28-10-7-6-8-11-28)39(24-29-16-18-30(37)19-17-29)35(41)25-40(31-12-9-13-32(23-31)45-4)46(43,44)33-20-14-26(2)15-21-33/h6-21,23,27,34H,5,22,24-25H2,1-4H3,(H,38,42)/t27-,34-/m1/s1. The highest BCUT2D eigenvalue weighted by atomic mass is 32.2. The number of halogens is 1. The van der Waals surface area contributed by atoms with Crippen LogP contribution in [-0.2, 0) is 32.6 Å². The molecule has 0 radical (unpaired) electrons. The highest BCUT2D eigenvalue weighted by Crippen LogP contribution is 2.28. The Hall–Kier alpha value is -4.70. The smallest absolute Gasteiger partial charge is 0.264 e. The molecule has 0 saturated heterocycles. The molecular formula is C36H40FN3O5S. The van der Waals surface area contributed by atoms with Gasteiger partial charge in [-0.05, 0) is 67.8 Å². The largest absolute Gasteiger partial charge is 0.497 e. The predicted octanol–water partition coefficient (Wildman–Crippen LogP) is 5.89. The maximum atomic E-state index is 14.5. The molecule has 0 spiro atoms. The summed E-state index contributed by atoms with van der Waals surface area (Å²) in [5.41, 5.74) is 2.50. The Labute approximate surface area is 270 Å². The van der Waals surface area contributed by atoms with Crippen LogP contribution in [0.5, 0.6) is 5.75 Å². The van der Waals surface area contributed by atoms with Crippen molar-refractivity contribution in [2.45, 2.75) is 57.1 Å². The lowest BCUT2D eigenvalue weighted by Crippen LogP contribution is -2.54. The number of rotatable bonds is 14. The number of methoxy groups -OCH3 is 1. The number of hydrogen-bond donors (Lipinski definition) is 1. The molecule has 8 nitrogen and oxygen atoms in total. The molecule has 2 amide bonds. The zero-order valence-corrected chi connectivity index (χ0v) is 27.3. The first-order chi connectivity index (χ1) is 22.0. The Morgan fingerprint density at radius 1 is 0.891 bits per heavy atom. The summed E-state index contributed by atoms with van der Waals surface area (Å²) in [7, 11) is -2.78. The molecule has 0 aromatic heterocycles. The predicted molar refractivity (Wildman–Crippen MR) is 177 cm³/mol. The van der Waals surface area contributed by atoms with Crippen LogP contribution in [0.4, 0.5) is 10.1 Å². The van der Waals surface area contributed by atoms with Gasteiger partial charge in [0.05, 0.1) is 17.7 Å². The molecule has 0 saturated carbocycles. The molecule has 2 atom stereocenters. The Bertz CT molecular complexity index is 1720. The van der Waals surface area contributed by atoms with Crippen LogP contribution in [-0.4, -0.2) is 50.9 Å². The summed E-state index contributed by atoms with van der Waals surface area (Å²) in [6.45, 7) is 5.01. The Morgan fingerprint density at radius 3 is 2.20 bits per heavy atom. The van der Waals surface area contributed by atoms with Gasteiger partial charge in [0.2, 0.25) is 11.8 Å². The molecule has 0 heterocycles. The van der Waals surface area contributed by atoms with Gasteiger partial charge in [0, 0.05) is 25.1 Å². The molecule has 4 aromatic carbocycles. The van der Waals surface area contributed by atoms with E-state index in [-0.39, 0.29) is 35.5 Å². The number of carbonyl (C=O) groups excluding carboxylic acids is 2. The molecule has 242 valence electrons. The van der Waals surface area contributed by atoms with Gasteiger partial charge >= 0.3 is 0 Å². The van der Waals surface area contributed by atoms with E-state index in [4.69, 9.17) is 4.74 Å². The second-order valence-electron chi connectivity index (χ2n) is 11.2. The maximum absolute atomic E-state index is 14.5. The summed E-state index contributed by atoms with van der Waals surface area (Å²) in [6.07, 6.45) is 0.855. The lowest BCUT2D eigenvalue weighted by molar-refractivity contribution is -0.140. The van der Waals surface area contributed by atoms with E-state index in [9.17, 15) is 22.4 Å². The second-order valence-corrected chi connectivity index (χ2v) is 13.1. The summed E-state index contributed by atoms with van der Waals surface area (Å²) in [5.74, 6) is -1.01. The molecular weight excluding hydrogens is 605 g/mol. The van der Waals surface area contributed by atoms with Crippen LogP contribution < -0.4 is 14.4 Å². The summed E-state index contributed by atoms with van der Waals surface area (Å²) < 4.78 is 48.6. The Morgan fingerprint density at radius 2 is 1.57 bits per heavy atom. The summed E-state index contributed by atoms with van der Waals surface area (Å²) in [4.78, 5) is 29.8. The Kier molecular flexibility index (Phi) is 11.5. The second kappa shape index (κ2) is 15.5. The molecule has 0 aliphatic heterocycles. The highest BCUT2D eigenvalue weighted by molar-refractivity contribution is 7.92. The molecule has 0 fully saturated rings. The molecule has 0 unspecified atom stereocenters. The number of nitrogens with one attached hydrogen (secondary N) is 1. The zero-order valence-electron chi connectivity index (χ0n) is 26.5. The van der Waals surface area contributed by atoms with Crippen molar-refractivity contribution in [1.82, 2.24) is 10.2 Å². The third-order valence-corrected chi connectivity index (χ3v) is 9.56. The van der Waals surface area contributed by atoms with Gasteiger partial charge in [0.25, 0.3) is 10.0 Å². The summed E-state index contributed by atoms with van der Waals surface area (Å²) >= 11 is 0. The highest BCUT2D eigenvalue weighted by Gasteiger charge is 2.35. The minimum Gasteiger partial charge on any atom is -0.497 e. The van der Waals surface area contributed by atoms with Gasteiger partial charge in [0.15, 0.2) is 0 Å². The number of carbonyl (C=O) groups is 2. The molecule has 4 aromatic rings. The zero-order chi connectivity index (χ0) is 33.3. The van der Waals surface area contributed by atoms with Crippen molar-refractivity contribution in [1.29, 1.82) is 0 Å². The molecule has 10 heteroatoms. The molecule has 1 N–H and O–H groups in total. The van der Waals surface area contributed by atoms with Gasteiger partial charge in [-0.25, -0.2) is 12.8 Å². The fourth-order valence-corrected chi connectivity index (χ4v) is 6.32. The fraction of sp³-hybridized carbons (Fsp3) is 0.278. The number of amides is 2. The first-order valence-electron chi connectivity index (χ1n) is 15.1. The fourth-order valence-electron chi connectivity index (χ4n) is 4.91. The number of ether oxygens (including phenoxy) is 1. The number of anilines is 1. The van der Waals surface area contributed by atoms with E-state index < -0.39 is 34.3 Å². The van der Waals surface area contributed by atoms with Gasteiger partial charge < -0.3 is 15.0 Å². The monoisotopic (exact) mass is 645 g/mol. The van der Waals surface area contributed by atoms with Crippen molar-refractivity contribution in [3.63, 3.8) is 0 Å². The van der Waals surface area contributed by atoms with Gasteiger partial charge in [-0.1, -0.05) is 73.2 Å². The van der Waals surface area contributed by atoms with E-state index in [1.807, 2.05) is 51.1 Å². The molecule has 4 rings (SSSR count). The van der Waals surface area contributed by atoms with Crippen LogP contribution in [0, 0.1) is 12.7 Å². The van der Waals surface area contributed by atoms with E-state index in [1.165, 1.54) is 36.3 Å². The third-order valence-electron chi connectivity index (χ3n) is 7.77. The lowest BCUT2D eigenvalue weighted by Gasteiger charge is -2.34. The van der Waals surface area contributed by atoms with Gasteiger partial charge in [-0.2, -0.15) is 0 Å². The average molecular weight is 646 g/mol. The third kappa shape index (κ3) is 8.72. The number of aryl methyl sites for hydroxylation is 1. The average Bonchev–Trinajstić information content (AvgIpc) is 3.06. The number of benzene rings is 4. The van der Waals surface area contributed by atoms with E-state index in [2.05, 4.69) is 5.32 Å². The minimum atomic E-state index is -4.25. The van der Waals surface area contributed by atoms with Crippen LogP contribution in [0.1, 0.15) is 37.0 Å². The van der Waals surface area contributed by atoms with Crippen LogP contribution in [0.15, 0.2) is 108 Å². The van der Waals surface area contributed by atoms with Crippen LogP contribution in [0.25, 0.3) is 0 Å².